The Balaban J connectivity index is 1.46. The van der Waals surface area contributed by atoms with Gasteiger partial charge in [0, 0.05) is 29.9 Å². The number of hydrogen-bond donors (Lipinski definition) is 1. The Morgan fingerprint density at radius 2 is 1.49 bits per heavy atom. The van der Waals surface area contributed by atoms with Crippen molar-refractivity contribution < 1.29 is 28.5 Å². The van der Waals surface area contributed by atoms with E-state index in [2.05, 4.69) is 69.3 Å². The molecule has 0 saturated carbocycles. The van der Waals surface area contributed by atoms with Crippen LogP contribution < -0.4 is 15.1 Å². The molecule has 7 heteroatoms. The summed E-state index contributed by atoms with van der Waals surface area (Å²) in [5.41, 5.74) is 0.882. The SMILES string of the molecule is COc1ccc([C@@H]2OCC[C@H]([C@@H](C)C(=O)[C@H](C)[C@H](O)[C@@H](C)CO[Si](c3ccccc3)(c3ccccc3)C(C)(C)C)O2)cc1. The molecule has 6 nitrogen and oxygen atoms in total. The van der Waals surface area contributed by atoms with Gasteiger partial charge >= 0.3 is 0 Å². The second-order valence-corrected chi connectivity index (χ2v) is 17.2. The average molecular weight is 605 g/mol. The Morgan fingerprint density at radius 3 is 2.00 bits per heavy atom. The lowest BCUT2D eigenvalue weighted by molar-refractivity contribution is -0.227. The maximum absolute atomic E-state index is 13.7. The number of methoxy groups -OCH3 is 1. The summed E-state index contributed by atoms with van der Waals surface area (Å²) in [7, 11) is -1.12. The van der Waals surface area contributed by atoms with E-state index >= 15 is 0 Å². The van der Waals surface area contributed by atoms with Crippen LogP contribution in [-0.4, -0.2) is 51.7 Å². The van der Waals surface area contributed by atoms with Crippen molar-refractivity contribution in [1.29, 1.82) is 0 Å². The summed E-state index contributed by atoms with van der Waals surface area (Å²) in [4.78, 5) is 13.7. The fourth-order valence-electron chi connectivity index (χ4n) is 6.24. The Kier molecular flexibility index (Phi) is 11.0. The van der Waals surface area contributed by atoms with Gasteiger partial charge in [0.1, 0.15) is 11.5 Å². The summed E-state index contributed by atoms with van der Waals surface area (Å²) in [5, 5.41) is 13.7. The molecule has 1 aliphatic rings. The third kappa shape index (κ3) is 7.30. The molecule has 0 radical (unpaired) electrons. The van der Waals surface area contributed by atoms with Crippen molar-refractivity contribution in [2.75, 3.05) is 20.3 Å². The Morgan fingerprint density at radius 1 is 0.930 bits per heavy atom. The summed E-state index contributed by atoms with van der Waals surface area (Å²) in [5.74, 6) is -0.464. The quantitative estimate of drug-likeness (QED) is 0.259. The first kappa shape index (κ1) is 33.1. The maximum Gasteiger partial charge on any atom is 0.261 e. The highest BCUT2D eigenvalue weighted by atomic mass is 28.4. The van der Waals surface area contributed by atoms with Crippen molar-refractivity contribution >= 4 is 24.5 Å². The highest BCUT2D eigenvalue weighted by Gasteiger charge is 2.50. The van der Waals surface area contributed by atoms with E-state index < -0.39 is 26.6 Å². The number of carbonyl (C=O) groups is 1. The van der Waals surface area contributed by atoms with Crippen LogP contribution in [0.2, 0.25) is 5.04 Å². The van der Waals surface area contributed by atoms with Crippen molar-refractivity contribution in [3.8, 4) is 5.75 Å². The molecule has 1 N–H and O–H groups in total. The van der Waals surface area contributed by atoms with Gasteiger partial charge in [0.25, 0.3) is 8.32 Å². The number of Topliss-reactive ketones (excluding diaryl/α,β-unsaturated/α-hetero) is 1. The lowest BCUT2D eigenvalue weighted by Gasteiger charge is -2.44. The zero-order valence-corrected chi connectivity index (χ0v) is 27.7. The van der Waals surface area contributed by atoms with Gasteiger partial charge in [0.15, 0.2) is 6.29 Å². The summed E-state index contributed by atoms with van der Waals surface area (Å²) >= 11 is 0. The van der Waals surface area contributed by atoms with E-state index in [1.165, 1.54) is 10.4 Å². The summed E-state index contributed by atoms with van der Waals surface area (Å²) in [6.45, 7) is 13.2. The molecular weight excluding hydrogens is 556 g/mol. The Bertz CT molecular complexity index is 1250. The number of aliphatic hydroxyl groups excluding tert-OH is 1. The van der Waals surface area contributed by atoms with Crippen LogP contribution in [0.5, 0.6) is 5.75 Å². The summed E-state index contributed by atoms with van der Waals surface area (Å²) in [6, 6.07) is 28.5. The molecule has 0 unspecified atom stereocenters. The molecule has 0 aromatic heterocycles. The number of ketones is 1. The molecule has 6 atom stereocenters. The van der Waals surface area contributed by atoms with Crippen LogP contribution in [0.1, 0.15) is 59.8 Å². The monoisotopic (exact) mass is 604 g/mol. The molecule has 0 spiro atoms. The molecule has 1 aliphatic heterocycles. The standard InChI is InChI=1S/C36H48O6Si/c1-25(24-41-43(36(4,5)6,30-14-10-8-11-15-30)31-16-12-9-13-17-31)33(37)27(3)34(38)26(2)32-22-23-40-35(42-32)28-18-20-29(39-7)21-19-28/h8-21,25-27,32-33,35,37H,22-24H2,1-7H3/t25-,26+,27+,32+,33+,35+/m0/s1. The molecule has 0 amide bonds. The van der Waals surface area contributed by atoms with Crippen LogP contribution in [0.25, 0.3) is 0 Å². The minimum atomic E-state index is -2.75. The molecule has 1 saturated heterocycles. The predicted octanol–water partition coefficient (Wildman–Crippen LogP) is 5.91. The molecule has 4 rings (SSSR count). The molecular formula is C36H48O6Si. The summed E-state index contributed by atoms with van der Waals surface area (Å²) < 4.78 is 24.4. The third-order valence-electron chi connectivity index (χ3n) is 8.89. The van der Waals surface area contributed by atoms with E-state index in [9.17, 15) is 9.90 Å². The van der Waals surface area contributed by atoms with Crippen LogP contribution in [0.4, 0.5) is 0 Å². The van der Waals surface area contributed by atoms with E-state index in [0.29, 0.717) is 19.6 Å². The smallest absolute Gasteiger partial charge is 0.261 e. The first-order valence-corrected chi connectivity index (χ1v) is 17.3. The fourth-order valence-corrected chi connectivity index (χ4v) is 10.9. The van der Waals surface area contributed by atoms with Gasteiger partial charge in [-0.15, -0.1) is 0 Å². The largest absolute Gasteiger partial charge is 0.497 e. The normalized spacial score (nSPS) is 20.6. The van der Waals surface area contributed by atoms with Crippen molar-refractivity contribution in [1.82, 2.24) is 0 Å². The highest BCUT2D eigenvalue weighted by molar-refractivity contribution is 6.99. The van der Waals surface area contributed by atoms with E-state index in [-0.39, 0.29) is 28.8 Å². The second kappa shape index (κ2) is 14.3. The number of rotatable bonds is 12. The van der Waals surface area contributed by atoms with Crippen LogP contribution in [0, 0.1) is 17.8 Å². The van der Waals surface area contributed by atoms with Gasteiger partial charge in [-0.25, -0.2) is 0 Å². The third-order valence-corrected chi connectivity index (χ3v) is 13.9. The molecule has 3 aromatic rings. The molecule has 1 heterocycles. The minimum Gasteiger partial charge on any atom is -0.497 e. The van der Waals surface area contributed by atoms with Crippen LogP contribution in [0.15, 0.2) is 84.9 Å². The zero-order chi connectivity index (χ0) is 31.2. The second-order valence-electron chi connectivity index (χ2n) is 12.9. The van der Waals surface area contributed by atoms with Crippen molar-refractivity contribution in [3.05, 3.63) is 90.5 Å². The van der Waals surface area contributed by atoms with Crippen molar-refractivity contribution in [2.45, 2.75) is 71.5 Å². The van der Waals surface area contributed by atoms with E-state index in [1.807, 2.05) is 57.2 Å². The number of carbonyl (C=O) groups excluding carboxylic acids is 1. The molecule has 43 heavy (non-hydrogen) atoms. The fraction of sp³-hybridized carbons (Fsp3) is 0.472. The van der Waals surface area contributed by atoms with E-state index in [0.717, 1.165) is 11.3 Å². The average Bonchev–Trinajstić information content (AvgIpc) is 3.04. The molecule has 0 aliphatic carbocycles. The van der Waals surface area contributed by atoms with Crippen LogP contribution >= 0.6 is 0 Å². The van der Waals surface area contributed by atoms with Gasteiger partial charge in [-0.3, -0.25) is 4.79 Å². The van der Waals surface area contributed by atoms with Gasteiger partial charge in [-0.1, -0.05) is 114 Å². The lowest BCUT2D eigenvalue weighted by Crippen LogP contribution is -2.67. The molecule has 0 bridgehead atoms. The summed E-state index contributed by atoms with van der Waals surface area (Å²) in [6.07, 6.45) is -1.08. The van der Waals surface area contributed by atoms with Gasteiger partial charge in [0.05, 0.1) is 25.9 Å². The number of ether oxygens (including phenoxy) is 3. The zero-order valence-electron chi connectivity index (χ0n) is 26.7. The first-order valence-electron chi connectivity index (χ1n) is 15.4. The molecule has 3 aromatic carbocycles. The van der Waals surface area contributed by atoms with Crippen molar-refractivity contribution in [3.63, 3.8) is 0 Å². The number of benzene rings is 3. The molecule has 232 valence electrons. The highest BCUT2D eigenvalue weighted by Crippen LogP contribution is 2.38. The van der Waals surface area contributed by atoms with Gasteiger partial charge < -0.3 is 23.7 Å². The minimum absolute atomic E-state index is 0.00909. The van der Waals surface area contributed by atoms with E-state index in [1.54, 1.807) is 7.11 Å². The maximum atomic E-state index is 13.7. The first-order chi connectivity index (χ1) is 20.5. The van der Waals surface area contributed by atoms with Crippen LogP contribution in [0.3, 0.4) is 0 Å². The number of hydrogen-bond acceptors (Lipinski definition) is 6. The number of aliphatic hydroxyl groups is 1. The molecule has 1 fully saturated rings. The van der Waals surface area contributed by atoms with Crippen molar-refractivity contribution in [2.24, 2.45) is 17.8 Å². The Hall–Kier alpha value is -2.81. The Labute approximate surface area is 258 Å². The lowest BCUT2D eigenvalue weighted by atomic mass is 9.83. The van der Waals surface area contributed by atoms with Gasteiger partial charge in [-0.2, -0.15) is 0 Å². The van der Waals surface area contributed by atoms with Crippen LogP contribution in [-0.2, 0) is 18.7 Å². The predicted molar refractivity (Wildman–Crippen MR) is 173 cm³/mol. The van der Waals surface area contributed by atoms with E-state index in [4.69, 9.17) is 18.6 Å². The van der Waals surface area contributed by atoms with Gasteiger partial charge in [-0.05, 0) is 34.0 Å². The topological polar surface area (TPSA) is 74.2 Å². The van der Waals surface area contributed by atoms with Gasteiger partial charge in [0.2, 0.25) is 0 Å².